The second kappa shape index (κ2) is 48.1. The van der Waals surface area contributed by atoms with Gasteiger partial charge in [-0.15, -0.1) is 0 Å². The molecule has 2 heterocycles. The molecule has 14 heteroatoms. The number of carbonyl (C=O) groups excluding carboxylic acids is 1. The average Bonchev–Trinajstić information content (AvgIpc) is 3.41. The number of unbranched alkanes of at least 4 members (excludes halogenated alkanes) is 30. The smallest absolute Gasteiger partial charge is 0.306 e. The van der Waals surface area contributed by atoms with Crippen LogP contribution in [0.25, 0.3) is 0 Å². The lowest BCUT2D eigenvalue weighted by Gasteiger charge is -2.42. The maximum Gasteiger partial charge on any atom is 0.306 e. The van der Waals surface area contributed by atoms with Crippen molar-refractivity contribution in [2.24, 2.45) is 0 Å². The fraction of sp³-hybridized carbons (Fsp3) is 0.885. The zero-order valence-electron chi connectivity index (χ0n) is 47.3. The van der Waals surface area contributed by atoms with E-state index >= 15 is 0 Å². The summed E-state index contributed by atoms with van der Waals surface area (Å²) < 4.78 is 34.4. The van der Waals surface area contributed by atoms with Crippen LogP contribution in [0.5, 0.6) is 0 Å². The number of hydrogen-bond acceptors (Lipinski definition) is 14. The van der Waals surface area contributed by atoms with Crippen LogP contribution in [-0.2, 0) is 33.2 Å². The lowest BCUT2D eigenvalue weighted by molar-refractivity contribution is -0.332. The van der Waals surface area contributed by atoms with Crippen LogP contribution >= 0.6 is 0 Å². The first-order chi connectivity index (χ1) is 36.6. The Morgan fingerprint density at radius 3 is 1.36 bits per heavy atom. The van der Waals surface area contributed by atoms with Crippen molar-refractivity contribution in [1.29, 1.82) is 0 Å². The van der Waals surface area contributed by atoms with Crippen LogP contribution in [0.1, 0.15) is 245 Å². The summed E-state index contributed by atoms with van der Waals surface area (Å²) in [5.41, 5.74) is 0. The van der Waals surface area contributed by atoms with Gasteiger partial charge in [0.05, 0.1) is 26.4 Å². The van der Waals surface area contributed by atoms with Crippen molar-refractivity contribution < 1.29 is 69.0 Å². The number of carbonyl (C=O) groups is 1. The molecule has 0 amide bonds. The standard InChI is InChI=1S/C61H112O14/c1-3-5-7-9-11-13-15-17-19-21-23-24-25-26-27-28-30-32-34-36-38-40-42-44-53(63)73-50(47-70-45-43-41-39-37-35-33-31-29-22-20-18-16-14-12-10-8-6-4-2)48-71-60-59(69)57(67)55(65)52(75-60)49-72-61-58(68)56(66)54(64)51(46-62)74-61/h6,8,12,14,18,20,50-52,54-62,64-69H,3-5,7,9-11,13,15-17,19,21-49H2,1-2H3/b8-6-,14-12-,20-18-. The summed E-state index contributed by atoms with van der Waals surface area (Å²) in [4.78, 5) is 13.1. The van der Waals surface area contributed by atoms with Gasteiger partial charge < -0.3 is 64.2 Å². The monoisotopic (exact) mass is 1070 g/mol. The van der Waals surface area contributed by atoms with E-state index in [0.717, 1.165) is 64.2 Å². The number of ether oxygens (including phenoxy) is 6. The number of hydrogen-bond donors (Lipinski definition) is 7. The van der Waals surface area contributed by atoms with Crippen molar-refractivity contribution in [3.05, 3.63) is 36.5 Å². The first kappa shape index (κ1) is 69.3. The lowest BCUT2D eigenvalue weighted by Crippen LogP contribution is -2.61. The molecule has 0 bridgehead atoms. The molecule has 75 heavy (non-hydrogen) atoms. The summed E-state index contributed by atoms with van der Waals surface area (Å²) in [5, 5.41) is 72.4. The van der Waals surface area contributed by atoms with Crippen LogP contribution in [-0.4, -0.2) is 142 Å². The number of aliphatic hydroxyl groups is 7. The Balaban J connectivity index is 1.68. The molecule has 2 aliphatic rings. The highest BCUT2D eigenvalue weighted by Crippen LogP contribution is 2.27. The van der Waals surface area contributed by atoms with Gasteiger partial charge in [-0.3, -0.25) is 4.79 Å². The molecule has 0 radical (unpaired) electrons. The fourth-order valence-electron chi connectivity index (χ4n) is 9.77. The quantitative estimate of drug-likeness (QED) is 0.0172. The Kier molecular flexibility index (Phi) is 44.5. The highest BCUT2D eigenvalue weighted by Gasteiger charge is 2.47. The Bertz CT molecular complexity index is 1380. The van der Waals surface area contributed by atoms with Gasteiger partial charge in [-0.2, -0.15) is 0 Å². The molecule has 0 aromatic carbocycles. The van der Waals surface area contributed by atoms with Gasteiger partial charge in [-0.25, -0.2) is 0 Å². The van der Waals surface area contributed by atoms with E-state index in [-0.39, 0.29) is 25.6 Å². The number of esters is 1. The molecule has 0 spiro atoms. The Labute approximate surface area is 455 Å². The molecule has 0 saturated carbocycles. The van der Waals surface area contributed by atoms with Crippen molar-refractivity contribution in [2.45, 2.75) is 313 Å². The van der Waals surface area contributed by atoms with Crippen molar-refractivity contribution in [1.82, 2.24) is 0 Å². The van der Waals surface area contributed by atoms with Crippen molar-refractivity contribution in [3.63, 3.8) is 0 Å². The van der Waals surface area contributed by atoms with Crippen LogP contribution in [0.4, 0.5) is 0 Å². The van der Waals surface area contributed by atoms with Gasteiger partial charge in [-0.05, 0) is 44.9 Å². The molecule has 11 unspecified atom stereocenters. The number of aliphatic hydroxyl groups excluding tert-OH is 7. The molecule has 2 saturated heterocycles. The third-order valence-electron chi connectivity index (χ3n) is 14.7. The van der Waals surface area contributed by atoms with E-state index in [2.05, 4.69) is 50.3 Å². The van der Waals surface area contributed by atoms with E-state index in [1.165, 1.54) is 154 Å². The van der Waals surface area contributed by atoms with Gasteiger partial charge >= 0.3 is 5.97 Å². The van der Waals surface area contributed by atoms with Crippen LogP contribution in [0, 0.1) is 0 Å². The van der Waals surface area contributed by atoms with Gasteiger partial charge in [0.25, 0.3) is 0 Å². The maximum atomic E-state index is 13.1. The summed E-state index contributed by atoms with van der Waals surface area (Å²) in [7, 11) is 0. The van der Waals surface area contributed by atoms with E-state index in [9.17, 15) is 40.5 Å². The normalized spacial score (nSPS) is 24.8. The van der Waals surface area contributed by atoms with Gasteiger partial charge in [0.15, 0.2) is 12.6 Å². The lowest BCUT2D eigenvalue weighted by atomic mass is 9.98. The largest absolute Gasteiger partial charge is 0.457 e. The predicted molar refractivity (Wildman–Crippen MR) is 298 cm³/mol. The summed E-state index contributed by atoms with van der Waals surface area (Å²) >= 11 is 0. The zero-order chi connectivity index (χ0) is 54.4. The van der Waals surface area contributed by atoms with E-state index in [4.69, 9.17) is 28.4 Å². The molecular weight excluding hydrogens is 957 g/mol. The Morgan fingerprint density at radius 1 is 0.453 bits per heavy atom. The molecule has 11 atom stereocenters. The predicted octanol–water partition coefficient (Wildman–Crippen LogP) is 11.3. The van der Waals surface area contributed by atoms with Crippen molar-refractivity contribution >= 4 is 5.97 Å². The minimum atomic E-state index is -1.71. The molecule has 7 N–H and O–H groups in total. The van der Waals surface area contributed by atoms with Gasteiger partial charge in [0.2, 0.25) is 0 Å². The molecule has 0 aliphatic carbocycles. The first-order valence-corrected chi connectivity index (χ1v) is 30.6. The van der Waals surface area contributed by atoms with E-state index < -0.39 is 80.7 Å². The number of allylic oxidation sites excluding steroid dienone is 6. The second-order valence-electron chi connectivity index (χ2n) is 21.5. The topological polar surface area (TPSA) is 214 Å². The Morgan fingerprint density at radius 2 is 0.867 bits per heavy atom. The third kappa shape index (κ3) is 34.7. The van der Waals surface area contributed by atoms with Crippen LogP contribution in [0.2, 0.25) is 0 Å². The highest BCUT2D eigenvalue weighted by atomic mass is 16.7. The summed E-state index contributed by atoms with van der Waals surface area (Å²) in [6.45, 7) is 3.61. The van der Waals surface area contributed by atoms with Crippen LogP contribution in [0.15, 0.2) is 36.5 Å². The average molecular weight is 1070 g/mol. The molecule has 2 rings (SSSR count). The molecule has 440 valence electrons. The van der Waals surface area contributed by atoms with Crippen LogP contribution < -0.4 is 0 Å². The maximum absolute atomic E-state index is 13.1. The molecule has 0 aromatic heterocycles. The van der Waals surface area contributed by atoms with E-state index in [1.54, 1.807) is 0 Å². The molecule has 2 fully saturated rings. The third-order valence-corrected chi connectivity index (χ3v) is 14.7. The van der Waals surface area contributed by atoms with Gasteiger partial charge in [0, 0.05) is 13.0 Å². The summed E-state index contributed by atoms with van der Waals surface area (Å²) in [5.74, 6) is -0.374. The van der Waals surface area contributed by atoms with E-state index in [0.29, 0.717) is 13.0 Å². The summed E-state index contributed by atoms with van der Waals surface area (Å²) in [6, 6.07) is 0. The molecule has 2 aliphatic heterocycles. The molecule has 14 nitrogen and oxygen atoms in total. The van der Waals surface area contributed by atoms with E-state index in [1.807, 2.05) is 0 Å². The van der Waals surface area contributed by atoms with Crippen molar-refractivity contribution in [2.75, 3.05) is 33.0 Å². The minimum Gasteiger partial charge on any atom is -0.457 e. The summed E-state index contributed by atoms with van der Waals surface area (Å²) in [6.07, 6.45) is 40.7. The highest BCUT2D eigenvalue weighted by molar-refractivity contribution is 5.69. The molecule has 0 aromatic rings. The minimum absolute atomic E-state index is 0.0593. The first-order valence-electron chi connectivity index (χ1n) is 30.6. The zero-order valence-corrected chi connectivity index (χ0v) is 47.3. The van der Waals surface area contributed by atoms with Gasteiger partial charge in [0.1, 0.15) is 54.9 Å². The van der Waals surface area contributed by atoms with Crippen LogP contribution in [0.3, 0.4) is 0 Å². The number of rotatable bonds is 50. The second-order valence-corrected chi connectivity index (χ2v) is 21.5. The molecular formula is C61H112O14. The van der Waals surface area contributed by atoms with Gasteiger partial charge in [-0.1, -0.05) is 230 Å². The SMILES string of the molecule is CC/C=C\C/C=C\C/C=C\CCCCCCCCCCOCC(COC1OC(COC2OC(CO)C(O)C(O)C2O)C(O)C(O)C1O)OC(=O)CCCCCCCCCCCCCCCCCCCCCCCCC. The van der Waals surface area contributed by atoms with Crippen molar-refractivity contribution in [3.8, 4) is 0 Å². The fourth-order valence-corrected chi connectivity index (χ4v) is 9.77. The Hall–Kier alpha value is -1.79.